The van der Waals surface area contributed by atoms with Gasteiger partial charge < -0.3 is 89.3 Å². The number of rotatable bonds is 8. The molecule has 0 aromatic heterocycles. The van der Waals surface area contributed by atoms with Crippen LogP contribution in [0.5, 0.6) is 0 Å². The van der Waals surface area contributed by atoms with Gasteiger partial charge in [-0.1, -0.05) is 0 Å². The molecule has 4 aliphatic heterocycles. The molecule has 0 spiro atoms. The summed E-state index contributed by atoms with van der Waals surface area (Å²) < 4.78 is 41.1. The van der Waals surface area contributed by atoms with Crippen LogP contribution in [0.4, 0.5) is 0 Å². The van der Waals surface area contributed by atoms with E-state index in [0.29, 0.717) is 0 Å². The zero-order valence-corrected chi connectivity index (χ0v) is 26.4. The topological polar surface area (TPSA) is 287 Å². The first-order chi connectivity index (χ1) is 22.6. The van der Waals surface area contributed by atoms with Gasteiger partial charge >= 0.3 is 0 Å². The molecule has 18 nitrogen and oxygen atoms in total. The highest BCUT2D eigenvalue weighted by Gasteiger charge is 2.61. The molecule has 2 saturated carbocycles. The first-order valence-electron chi connectivity index (χ1n) is 16.3. The molecule has 6 aliphatic rings. The van der Waals surface area contributed by atoms with Gasteiger partial charge in [0.1, 0.15) is 48.8 Å². The minimum Gasteiger partial charge on any atom is -0.472 e. The Morgan fingerprint density at radius 1 is 0.646 bits per heavy atom. The van der Waals surface area contributed by atoms with Gasteiger partial charge in [-0.2, -0.15) is 0 Å². The molecule has 276 valence electrons. The fourth-order valence-electron chi connectivity index (χ4n) is 8.34. The number of fused-ring (bicyclic) bond motifs is 2. The second-order valence-electron chi connectivity index (χ2n) is 14.3. The number of aliphatic hydroxyl groups excluding tert-OH is 9. The molecule has 48 heavy (non-hydrogen) atoms. The summed E-state index contributed by atoms with van der Waals surface area (Å²) in [6.07, 6.45) is -17.9. The van der Waals surface area contributed by atoms with Crippen molar-refractivity contribution in [2.45, 2.75) is 137 Å². The van der Waals surface area contributed by atoms with E-state index < -0.39 is 141 Å². The van der Waals surface area contributed by atoms with Crippen molar-refractivity contribution >= 4 is 0 Å². The van der Waals surface area contributed by atoms with Crippen LogP contribution in [0.3, 0.4) is 0 Å². The van der Waals surface area contributed by atoms with Crippen molar-refractivity contribution in [3.63, 3.8) is 0 Å². The average Bonchev–Trinajstić information content (AvgIpc) is 3.44. The van der Waals surface area contributed by atoms with Crippen LogP contribution >= 0.6 is 0 Å². The molecule has 0 bridgehead atoms. The van der Waals surface area contributed by atoms with E-state index in [1.165, 1.54) is 13.2 Å². The second kappa shape index (κ2) is 13.8. The van der Waals surface area contributed by atoms with Crippen molar-refractivity contribution in [1.82, 2.24) is 0 Å². The number of aliphatic hydroxyl groups is 11. The number of hydrogen-bond donors (Lipinski definition) is 11. The lowest BCUT2D eigenvalue weighted by molar-refractivity contribution is -0.386. The van der Waals surface area contributed by atoms with Gasteiger partial charge in [0.25, 0.3) is 0 Å². The van der Waals surface area contributed by atoms with E-state index in [1.807, 2.05) is 0 Å². The van der Waals surface area contributed by atoms with E-state index in [4.69, 9.17) is 33.2 Å². The molecular weight excluding hydrogens is 648 g/mol. The van der Waals surface area contributed by atoms with Crippen LogP contribution in [0, 0.1) is 23.7 Å². The number of ether oxygens (including phenoxy) is 7. The third-order valence-electron chi connectivity index (χ3n) is 10.9. The van der Waals surface area contributed by atoms with Crippen molar-refractivity contribution < 1.29 is 89.3 Å². The van der Waals surface area contributed by atoms with E-state index >= 15 is 0 Å². The molecule has 0 aromatic rings. The zero-order chi connectivity index (χ0) is 34.9. The van der Waals surface area contributed by atoms with E-state index in [-0.39, 0.29) is 19.3 Å². The van der Waals surface area contributed by atoms with Crippen LogP contribution < -0.4 is 0 Å². The first-order valence-corrected chi connectivity index (χ1v) is 16.3. The maximum Gasteiger partial charge on any atom is 0.207 e. The smallest absolute Gasteiger partial charge is 0.207 e. The summed E-state index contributed by atoms with van der Waals surface area (Å²) in [7, 11) is 0. The van der Waals surface area contributed by atoms with Gasteiger partial charge in [0, 0.05) is 37.0 Å². The summed E-state index contributed by atoms with van der Waals surface area (Å²) in [5, 5.41) is 115. The Hall–Kier alpha value is -1.14. The Balaban J connectivity index is 1.18. The summed E-state index contributed by atoms with van der Waals surface area (Å²) in [6.45, 7) is 1.70. The van der Waals surface area contributed by atoms with E-state index in [1.54, 1.807) is 13.0 Å². The lowest BCUT2D eigenvalue weighted by Gasteiger charge is -2.46. The van der Waals surface area contributed by atoms with Crippen molar-refractivity contribution in [2.24, 2.45) is 23.7 Å². The van der Waals surface area contributed by atoms with Gasteiger partial charge in [-0.15, -0.1) is 0 Å². The van der Waals surface area contributed by atoms with Crippen molar-refractivity contribution in [3.8, 4) is 0 Å². The molecule has 21 atom stereocenters. The van der Waals surface area contributed by atoms with E-state index in [2.05, 4.69) is 0 Å². The van der Waals surface area contributed by atoms with Crippen LogP contribution in [0.2, 0.25) is 0 Å². The lowest BCUT2D eigenvalue weighted by Crippen LogP contribution is -2.61. The molecule has 0 aromatic carbocycles. The normalized spacial score (nSPS) is 56.8. The predicted octanol–water partition coefficient (Wildman–Crippen LogP) is -4.92. The fraction of sp³-hybridized carbons (Fsp3) is 0.933. The Labute approximate surface area is 275 Å². The highest BCUT2D eigenvalue weighted by molar-refractivity contribution is 5.11. The molecule has 6 rings (SSSR count). The quantitative estimate of drug-likeness (QED) is 0.113. The molecule has 11 N–H and O–H groups in total. The van der Waals surface area contributed by atoms with Crippen molar-refractivity contribution in [2.75, 3.05) is 13.2 Å². The molecule has 5 fully saturated rings. The third-order valence-corrected chi connectivity index (χ3v) is 10.9. The Morgan fingerprint density at radius 3 is 1.75 bits per heavy atom. The maximum absolute atomic E-state index is 11.5. The summed E-state index contributed by atoms with van der Waals surface area (Å²) >= 11 is 0. The minimum absolute atomic E-state index is 0.0210. The Morgan fingerprint density at radius 2 is 1.19 bits per heavy atom. The maximum atomic E-state index is 11.5. The summed E-state index contributed by atoms with van der Waals surface area (Å²) in [5.41, 5.74) is -2.97. The molecule has 4 heterocycles. The summed E-state index contributed by atoms with van der Waals surface area (Å²) in [5.74, 6) is -2.82. The lowest BCUT2D eigenvalue weighted by atomic mass is 9.82. The molecular formula is C30H48O18. The SMILES string of the molecule is C[C@]1(O)C[C@@H](O[C@H]2C[C@@H]3[C@H]([C@H](O[C@@H]4O[C@H](CO)[C@@H](O)[C@H](O)[C@H]4O)O2)[C@@](C)(O)C[C@H]3O)[C@@H]2C=CO[C@@H](O[C@@H]3O[C@H](CO)[C@@H](O)[C@H](O)[C@H]3O)[C@@H]21. The van der Waals surface area contributed by atoms with Crippen molar-refractivity contribution in [3.05, 3.63) is 12.3 Å². The van der Waals surface area contributed by atoms with E-state index in [0.717, 1.165) is 0 Å². The molecule has 0 radical (unpaired) electrons. The van der Waals surface area contributed by atoms with Crippen LogP contribution in [-0.2, 0) is 33.2 Å². The van der Waals surface area contributed by atoms with Crippen molar-refractivity contribution in [1.29, 1.82) is 0 Å². The standard InChI is InChI=1S/C30H48O18/c1-29(40)6-12(33)11-5-16(46-26(18(11)29)48-28-24(39)22(37)20(35)15(9-32)45-28)43-13-7-30(2,41)17-10(13)3-4-42-25(17)47-27-23(38)21(36)19(34)14(8-31)44-27/h3-4,10-28,31-41H,5-9H2,1-2H3/t10-,11-,12+,13+,14+,15+,16+,17+,18+,19+,20+,21-,22-,23+,24+,25-,26-,27-,28-,29-,30-/m0/s1. The van der Waals surface area contributed by atoms with Gasteiger partial charge in [0.05, 0.1) is 48.8 Å². The third kappa shape index (κ3) is 6.54. The van der Waals surface area contributed by atoms with Crippen LogP contribution in [-0.4, -0.2) is 173 Å². The molecule has 0 unspecified atom stereocenters. The largest absolute Gasteiger partial charge is 0.472 e. The molecule has 2 aliphatic carbocycles. The predicted molar refractivity (Wildman–Crippen MR) is 152 cm³/mol. The summed E-state index contributed by atoms with van der Waals surface area (Å²) in [4.78, 5) is 0. The highest BCUT2D eigenvalue weighted by atomic mass is 16.8. The van der Waals surface area contributed by atoms with Gasteiger partial charge in [-0.25, -0.2) is 0 Å². The number of hydrogen-bond acceptors (Lipinski definition) is 18. The second-order valence-corrected chi connectivity index (χ2v) is 14.3. The molecule has 18 heteroatoms. The Kier molecular flexibility index (Phi) is 10.5. The fourth-order valence-corrected chi connectivity index (χ4v) is 8.34. The molecule has 3 saturated heterocycles. The van der Waals surface area contributed by atoms with Crippen LogP contribution in [0.25, 0.3) is 0 Å². The van der Waals surface area contributed by atoms with Gasteiger partial charge in [0.2, 0.25) is 6.29 Å². The average molecular weight is 697 g/mol. The van der Waals surface area contributed by atoms with Gasteiger partial charge in [0.15, 0.2) is 25.2 Å². The minimum atomic E-state index is -1.75. The van der Waals surface area contributed by atoms with Gasteiger partial charge in [-0.3, -0.25) is 0 Å². The van der Waals surface area contributed by atoms with Gasteiger partial charge in [-0.05, 0) is 19.9 Å². The zero-order valence-electron chi connectivity index (χ0n) is 26.4. The van der Waals surface area contributed by atoms with E-state index in [9.17, 15) is 56.2 Å². The monoisotopic (exact) mass is 696 g/mol. The van der Waals surface area contributed by atoms with Crippen LogP contribution in [0.1, 0.15) is 33.1 Å². The summed E-state index contributed by atoms with van der Waals surface area (Å²) in [6, 6.07) is 0. The Bertz CT molecular complexity index is 1140. The highest BCUT2D eigenvalue weighted by Crippen LogP contribution is 2.52. The van der Waals surface area contributed by atoms with Crippen LogP contribution in [0.15, 0.2) is 12.3 Å². The first kappa shape index (κ1) is 36.6. The molecule has 0 amide bonds.